The highest BCUT2D eigenvalue weighted by atomic mass is 15.3. The summed E-state index contributed by atoms with van der Waals surface area (Å²) >= 11 is 0. The maximum Gasteiger partial charge on any atom is 0.191 e. The minimum absolute atomic E-state index is 0.535. The number of hydrogen-bond donors (Lipinski definition) is 2. The molecule has 5 heteroatoms. The van der Waals surface area contributed by atoms with Crippen molar-refractivity contribution in [1.82, 2.24) is 20.4 Å². The number of aliphatic imine (C=N–C) groups is 1. The Labute approximate surface area is 123 Å². The van der Waals surface area contributed by atoms with Crippen LogP contribution in [0.15, 0.2) is 4.99 Å². The molecule has 1 heterocycles. The van der Waals surface area contributed by atoms with E-state index in [9.17, 15) is 0 Å². The second kappa shape index (κ2) is 7.84. The quantitative estimate of drug-likeness (QED) is 0.589. The minimum atomic E-state index is 0.535. The standard InChI is InChI=1S/C15H31N5/c1-4-16-15(18-13-7-5-6-8-13)17-11-14-12-19(2)9-10-20(14)3/h13-14H,4-12H2,1-3H3,(H2,16,17,18). The lowest BCUT2D eigenvalue weighted by atomic mass is 10.2. The molecule has 5 nitrogen and oxygen atoms in total. The fraction of sp³-hybridized carbons (Fsp3) is 0.933. The van der Waals surface area contributed by atoms with Gasteiger partial charge in [0.25, 0.3) is 0 Å². The van der Waals surface area contributed by atoms with Gasteiger partial charge in [0.05, 0.1) is 6.54 Å². The zero-order valence-electron chi connectivity index (χ0n) is 13.4. The highest BCUT2D eigenvalue weighted by molar-refractivity contribution is 5.80. The van der Waals surface area contributed by atoms with Crippen LogP contribution in [0.4, 0.5) is 0 Å². The van der Waals surface area contributed by atoms with Gasteiger partial charge in [0.2, 0.25) is 0 Å². The molecule has 0 radical (unpaired) electrons. The summed E-state index contributed by atoms with van der Waals surface area (Å²) in [5.74, 6) is 1.00. The minimum Gasteiger partial charge on any atom is -0.357 e. The van der Waals surface area contributed by atoms with Gasteiger partial charge < -0.3 is 15.5 Å². The highest BCUT2D eigenvalue weighted by Crippen LogP contribution is 2.17. The van der Waals surface area contributed by atoms with Gasteiger partial charge >= 0.3 is 0 Å². The molecule has 0 spiro atoms. The Kier molecular flexibility index (Phi) is 6.10. The Morgan fingerprint density at radius 2 is 1.95 bits per heavy atom. The lowest BCUT2D eigenvalue weighted by Gasteiger charge is -2.37. The van der Waals surface area contributed by atoms with Crippen LogP contribution >= 0.6 is 0 Å². The molecule has 116 valence electrons. The number of hydrogen-bond acceptors (Lipinski definition) is 3. The number of rotatable bonds is 4. The normalized spacial score (nSPS) is 26.9. The van der Waals surface area contributed by atoms with E-state index in [2.05, 4.69) is 41.5 Å². The van der Waals surface area contributed by atoms with Crippen LogP contribution < -0.4 is 10.6 Å². The van der Waals surface area contributed by atoms with Crippen LogP contribution in [0.3, 0.4) is 0 Å². The summed E-state index contributed by atoms with van der Waals surface area (Å²) in [5, 5.41) is 6.97. The van der Waals surface area contributed by atoms with Crippen LogP contribution in [0.5, 0.6) is 0 Å². The first kappa shape index (κ1) is 15.6. The number of guanidine groups is 1. The molecule has 0 aromatic rings. The molecule has 2 aliphatic rings. The number of piperazine rings is 1. The van der Waals surface area contributed by atoms with Gasteiger partial charge in [-0.05, 0) is 33.9 Å². The molecule has 2 N–H and O–H groups in total. The summed E-state index contributed by atoms with van der Waals surface area (Å²) < 4.78 is 0. The van der Waals surface area contributed by atoms with Crippen LogP contribution in [-0.2, 0) is 0 Å². The molecule has 20 heavy (non-hydrogen) atoms. The van der Waals surface area contributed by atoms with Crippen LogP contribution in [0.25, 0.3) is 0 Å². The molecule has 1 saturated carbocycles. The summed E-state index contributed by atoms with van der Waals surface area (Å²) in [4.78, 5) is 9.65. The van der Waals surface area contributed by atoms with Gasteiger partial charge in [-0.1, -0.05) is 12.8 Å². The summed E-state index contributed by atoms with van der Waals surface area (Å²) in [5.41, 5.74) is 0. The van der Waals surface area contributed by atoms with Crippen LogP contribution in [-0.4, -0.2) is 74.7 Å². The second-order valence-corrected chi connectivity index (χ2v) is 6.24. The lowest BCUT2D eigenvalue weighted by Crippen LogP contribution is -2.52. The van der Waals surface area contributed by atoms with E-state index in [4.69, 9.17) is 4.99 Å². The van der Waals surface area contributed by atoms with Crippen molar-refractivity contribution in [3.8, 4) is 0 Å². The van der Waals surface area contributed by atoms with Gasteiger partial charge in [-0.25, -0.2) is 0 Å². The monoisotopic (exact) mass is 281 g/mol. The first-order valence-corrected chi connectivity index (χ1v) is 8.12. The predicted molar refractivity (Wildman–Crippen MR) is 85.3 cm³/mol. The Morgan fingerprint density at radius 1 is 1.20 bits per heavy atom. The van der Waals surface area contributed by atoms with E-state index in [-0.39, 0.29) is 0 Å². The number of likely N-dealkylation sites (N-methyl/N-ethyl adjacent to an activating group) is 2. The number of nitrogens with one attached hydrogen (secondary N) is 2. The van der Waals surface area contributed by atoms with E-state index in [1.807, 2.05) is 0 Å². The van der Waals surface area contributed by atoms with Crippen LogP contribution in [0, 0.1) is 0 Å². The second-order valence-electron chi connectivity index (χ2n) is 6.24. The molecule has 0 aromatic carbocycles. The summed E-state index contributed by atoms with van der Waals surface area (Å²) in [7, 11) is 4.41. The Bertz CT molecular complexity index is 311. The van der Waals surface area contributed by atoms with Gasteiger partial charge in [0.1, 0.15) is 0 Å². The van der Waals surface area contributed by atoms with Crippen LogP contribution in [0.1, 0.15) is 32.6 Å². The van der Waals surface area contributed by atoms with E-state index in [1.54, 1.807) is 0 Å². The largest absolute Gasteiger partial charge is 0.357 e. The fourth-order valence-electron chi connectivity index (χ4n) is 3.08. The first-order valence-electron chi connectivity index (χ1n) is 8.12. The topological polar surface area (TPSA) is 42.9 Å². The molecule has 0 bridgehead atoms. The van der Waals surface area contributed by atoms with E-state index < -0.39 is 0 Å². The van der Waals surface area contributed by atoms with E-state index in [0.717, 1.165) is 38.7 Å². The molecular formula is C15H31N5. The zero-order valence-corrected chi connectivity index (χ0v) is 13.4. The predicted octanol–water partition coefficient (Wildman–Crippen LogP) is 0.730. The van der Waals surface area contributed by atoms with Crippen molar-refractivity contribution in [3.05, 3.63) is 0 Å². The molecule has 0 amide bonds. The smallest absolute Gasteiger partial charge is 0.191 e. The summed E-state index contributed by atoms with van der Waals surface area (Å²) in [6, 6.07) is 1.16. The van der Waals surface area contributed by atoms with Crippen molar-refractivity contribution < 1.29 is 0 Å². The van der Waals surface area contributed by atoms with Crippen molar-refractivity contribution in [1.29, 1.82) is 0 Å². The third-order valence-corrected chi connectivity index (χ3v) is 4.48. The molecule has 1 aliphatic heterocycles. The average Bonchev–Trinajstić information content (AvgIpc) is 2.93. The van der Waals surface area contributed by atoms with Crippen molar-refractivity contribution >= 4 is 5.96 Å². The Balaban J connectivity index is 1.86. The van der Waals surface area contributed by atoms with Gasteiger partial charge in [0, 0.05) is 38.3 Å². The number of nitrogens with zero attached hydrogens (tertiary/aromatic N) is 3. The summed E-state index contributed by atoms with van der Waals surface area (Å²) in [6.45, 7) is 7.36. The average molecular weight is 281 g/mol. The molecule has 1 saturated heterocycles. The highest BCUT2D eigenvalue weighted by Gasteiger charge is 2.22. The van der Waals surface area contributed by atoms with E-state index in [0.29, 0.717) is 12.1 Å². The lowest BCUT2D eigenvalue weighted by molar-refractivity contribution is 0.119. The maximum atomic E-state index is 4.81. The Hall–Kier alpha value is -0.810. The molecule has 1 unspecified atom stereocenters. The Morgan fingerprint density at radius 3 is 2.65 bits per heavy atom. The van der Waals surface area contributed by atoms with Crippen LogP contribution in [0.2, 0.25) is 0 Å². The SMILES string of the molecule is CCNC(=NCC1CN(C)CCN1C)NC1CCCC1. The van der Waals surface area contributed by atoms with Crippen molar-refractivity contribution in [2.75, 3.05) is 46.8 Å². The molecule has 2 fully saturated rings. The van der Waals surface area contributed by atoms with E-state index in [1.165, 1.54) is 25.7 Å². The van der Waals surface area contributed by atoms with Gasteiger partial charge in [-0.3, -0.25) is 9.89 Å². The third-order valence-electron chi connectivity index (χ3n) is 4.48. The third kappa shape index (κ3) is 4.63. The maximum absolute atomic E-state index is 4.81. The molecule has 1 aliphatic carbocycles. The molecule has 2 rings (SSSR count). The van der Waals surface area contributed by atoms with Crippen molar-refractivity contribution in [3.63, 3.8) is 0 Å². The van der Waals surface area contributed by atoms with Gasteiger partial charge in [0.15, 0.2) is 5.96 Å². The van der Waals surface area contributed by atoms with Gasteiger partial charge in [-0.15, -0.1) is 0 Å². The first-order chi connectivity index (χ1) is 9.69. The van der Waals surface area contributed by atoms with Gasteiger partial charge in [-0.2, -0.15) is 0 Å². The van der Waals surface area contributed by atoms with Crippen molar-refractivity contribution in [2.45, 2.75) is 44.7 Å². The van der Waals surface area contributed by atoms with Crippen molar-refractivity contribution in [2.24, 2.45) is 4.99 Å². The molecule has 1 atom stereocenters. The zero-order chi connectivity index (χ0) is 14.4. The summed E-state index contributed by atoms with van der Waals surface area (Å²) in [6.07, 6.45) is 5.29. The molecule has 0 aromatic heterocycles. The fourth-order valence-corrected chi connectivity index (χ4v) is 3.08. The molecular weight excluding hydrogens is 250 g/mol. The van der Waals surface area contributed by atoms with E-state index >= 15 is 0 Å².